The summed E-state index contributed by atoms with van der Waals surface area (Å²) in [7, 11) is 1.98. The summed E-state index contributed by atoms with van der Waals surface area (Å²) in [6.45, 7) is 6.20. The first-order chi connectivity index (χ1) is 6.65. The molecule has 0 amide bonds. The van der Waals surface area contributed by atoms with Crippen LogP contribution < -0.4 is 5.32 Å². The Bertz CT molecular complexity index is 272. The maximum atomic E-state index is 4.42. The molecule has 3 nitrogen and oxygen atoms in total. The Morgan fingerprint density at radius 1 is 1.29 bits per heavy atom. The number of hydrogen-bond donors (Lipinski definition) is 1. The zero-order valence-electron chi connectivity index (χ0n) is 9.46. The van der Waals surface area contributed by atoms with Crippen molar-refractivity contribution in [1.82, 2.24) is 15.3 Å². The van der Waals surface area contributed by atoms with Gasteiger partial charge in [-0.1, -0.05) is 6.92 Å². The molecule has 0 fully saturated rings. The normalized spacial score (nSPS) is 12.9. The molecule has 1 heterocycles. The molecule has 1 atom stereocenters. The largest absolute Gasteiger partial charge is 0.317 e. The smallest absolute Gasteiger partial charge is 0.130 e. The molecular formula is C11H19N3. The molecule has 0 spiro atoms. The lowest BCUT2D eigenvalue weighted by Crippen LogP contribution is -2.27. The van der Waals surface area contributed by atoms with E-state index in [1.807, 2.05) is 27.0 Å². The third-order valence-electron chi connectivity index (χ3n) is 2.36. The zero-order valence-corrected chi connectivity index (χ0v) is 9.46. The first-order valence-corrected chi connectivity index (χ1v) is 5.14. The lowest BCUT2D eigenvalue weighted by Gasteiger charge is -2.12. The molecule has 1 aromatic heterocycles. The molecule has 0 bridgehead atoms. The molecule has 0 aliphatic rings. The van der Waals surface area contributed by atoms with Gasteiger partial charge in [-0.15, -0.1) is 0 Å². The summed E-state index contributed by atoms with van der Waals surface area (Å²) in [6, 6.07) is 2.49. The van der Waals surface area contributed by atoms with Crippen LogP contribution in [0.15, 0.2) is 6.07 Å². The molecule has 1 N–H and O–H groups in total. The van der Waals surface area contributed by atoms with Crippen molar-refractivity contribution < 1.29 is 0 Å². The molecule has 1 unspecified atom stereocenters. The van der Waals surface area contributed by atoms with Gasteiger partial charge >= 0.3 is 0 Å². The number of aryl methyl sites for hydroxylation is 2. The van der Waals surface area contributed by atoms with Gasteiger partial charge in [-0.3, -0.25) is 0 Å². The highest BCUT2D eigenvalue weighted by atomic mass is 14.9. The highest BCUT2D eigenvalue weighted by Gasteiger charge is 2.07. The van der Waals surface area contributed by atoms with Gasteiger partial charge < -0.3 is 5.32 Å². The second kappa shape index (κ2) is 5.05. The molecule has 0 aliphatic carbocycles. The molecule has 14 heavy (non-hydrogen) atoms. The van der Waals surface area contributed by atoms with Crippen molar-refractivity contribution in [2.75, 3.05) is 7.05 Å². The fourth-order valence-electron chi connectivity index (χ4n) is 1.56. The van der Waals surface area contributed by atoms with Gasteiger partial charge in [-0.25, -0.2) is 9.97 Å². The summed E-state index contributed by atoms with van der Waals surface area (Å²) >= 11 is 0. The van der Waals surface area contributed by atoms with Crippen LogP contribution >= 0.6 is 0 Å². The van der Waals surface area contributed by atoms with E-state index in [4.69, 9.17) is 0 Å². The topological polar surface area (TPSA) is 37.8 Å². The van der Waals surface area contributed by atoms with Crippen LogP contribution in [0.3, 0.4) is 0 Å². The van der Waals surface area contributed by atoms with Crippen LogP contribution in [-0.2, 0) is 6.42 Å². The van der Waals surface area contributed by atoms with Crippen molar-refractivity contribution in [2.24, 2.45) is 0 Å². The summed E-state index contributed by atoms with van der Waals surface area (Å²) in [5, 5.41) is 3.26. The Morgan fingerprint density at radius 2 is 1.86 bits per heavy atom. The third kappa shape index (κ3) is 3.07. The first kappa shape index (κ1) is 11.1. The Hall–Kier alpha value is -0.960. The van der Waals surface area contributed by atoms with Crippen LogP contribution in [0.25, 0.3) is 0 Å². The molecule has 1 aromatic rings. The third-order valence-corrected chi connectivity index (χ3v) is 2.36. The molecule has 3 heteroatoms. The van der Waals surface area contributed by atoms with Gasteiger partial charge in [0.15, 0.2) is 0 Å². The number of likely N-dealkylation sites (N-methyl/N-ethyl adjacent to an activating group) is 1. The van der Waals surface area contributed by atoms with Crippen molar-refractivity contribution in [3.05, 3.63) is 23.3 Å². The van der Waals surface area contributed by atoms with Crippen molar-refractivity contribution in [3.63, 3.8) is 0 Å². The predicted molar refractivity (Wildman–Crippen MR) is 58.3 cm³/mol. The average Bonchev–Trinajstić information content (AvgIpc) is 2.12. The van der Waals surface area contributed by atoms with Crippen molar-refractivity contribution in [3.8, 4) is 0 Å². The Labute approximate surface area is 86.0 Å². The van der Waals surface area contributed by atoms with Gasteiger partial charge in [0.05, 0.1) is 0 Å². The summed E-state index contributed by atoms with van der Waals surface area (Å²) in [6.07, 6.45) is 2.02. The van der Waals surface area contributed by atoms with E-state index in [0.29, 0.717) is 6.04 Å². The van der Waals surface area contributed by atoms with E-state index in [1.165, 1.54) is 0 Å². The van der Waals surface area contributed by atoms with Gasteiger partial charge in [-0.2, -0.15) is 0 Å². The Morgan fingerprint density at radius 3 is 2.29 bits per heavy atom. The molecule has 0 saturated carbocycles. The summed E-state index contributed by atoms with van der Waals surface area (Å²) in [5.41, 5.74) is 2.11. The van der Waals surface area contributed by atoms with Crippen molar-refractivity contribution >= 4 is 0 Å². The molecular weight excluding hydrogens is 174 g/mol. The zero-order chi connectivity index (χ0) is 10.6. The number of hydrogen-bond acceptors (Lipinski definition) is 3. The van der Waals surface area contributed by atoms with E-state index in [-0.39, 0.29) is 0 Å². The minimum absolute atomic E-state index is 0.483. The molecule has 0 radical (unpaired) electrons. The van der Waals surface area contributed by atoms with E-state index in [9.17, 15) is 0 Å². The lowest BCUT2D eigenvalue weighted by molar-refractivity contribution is 0.529. The van der Waals surface area contributed by atoms with Crippen molar-refractivity contribution in [2.45, 2.75) is 39.7 Å². The quantitative estimate of drug-likeness (QED) is 0.790. The van der Waals surface area contributed by atoms with Gasteiger partial charge in [0.2, 0.25) is 0 Å². The van der Waals surface area contributed by atoms with E-state index < -0.39 is 0 Å². The number of rotatable bonds is 4. The number of nitrogens with zero attached hydrogens (tertiary/aromatic N) is 2. The van der Waals surface area contributed by atoms with Crippen LogP contribution in [0.4, 0.5) is 0 Å². The highest BCUT2D eigenvalue weighted by Crippen LogP contribution is 2.03. The molecule has 0 aromatic carbocycles. The van der Waals surface area contributed by atoms with Crippen LogP contribution in [0.1, 0.15) is 30.6 Å². The van der Waals surface area contributed by atoms with Crippen LogP contribution in [0, 0.1) is 13.8 Å². The minimum Gasteiger partial charge on any atom is -0.317 e. The molecule has 1 rings (SSSR count). The summed E-state index contributed by atoms with van der Waals surface area (Å²) in [4.78, 5) is 8.84. The van der Waals surface area contributed by atoms with Gasteiger partial charge in [0.1, 0.15) is 5.82 Å². The first-order valence-electron chi connectivity index (χ1n) is 5.14. The molecule has 0 saturated heterocycles. The fraction of sp³-hybridized carbons (Fsp3) is 0.636. The second-order valence-electron chi connectivity index (χ2n) is 3.66. The van der Waals surface area contributed by atoms with E-state index in [0.717, 1.165) is 30.1 Å². The van der Waals surface area contributed by atoms with E-state index >= 15 is 0 Å². The predicted octanol–water partition coefficient (Wildman–Crippen LogP) is 1.63. The Balaban J connectivity index is 2.75. The maximum Gasteiger partial charge on any atom is 0.130 e. The van der Waals surface area contributed by atoms with Gasteiger partial charge in [0, 0.05) is 23.9 Å². The summed E-state index contributed by atoms with van der Waals surface area (Å²) in [5.74, 6) is 0.948. The standard InChI is InChI=1S/C11H19N3/c1-5-10(12-4)7-11-13-8(2)6-9(3)14-11/h6,10,12H,5,7H2,1-4H3. The SMILES string of the molecule is CCC(Cc1nc(C)cc(C)n1)NC. The van der Waals surface area contributed by atoms with Gasteiger partial charge in [-0.05, 0) is 33.4 Å². The Kier molecular flexibility index (Phi) is 4.01. The highest BCUT2D eigenvalue weighted by molar-refractivity contribution is 5.08. The maximum absolute atomic E-state index is 4.42. The summed E-state index contributed by atoms with van der Waals surface area (Å²) < 4.78 is 0. The van der Waals surface area contributed by atoms with Crippen LogP contribution in [0.2, 0.25) is 0 Å². The van der Waals surface area contributed by atoms with E-state index in [1.54, 1.807) is 0 Å². The van der Waals surface area contributed by atoms with Crippen molar-refractivity contribution in [1.29, 1.82) is 0 Å². The van der Waals surface area contributed by atoms with E-state index in [2.05, 4.69) is 22.2 Å². The lowest BCUT2D eigenvalue weighted by atomic mass is 10.1. The second-order valence-corrected chi connectivity index (χ2v) is 3.66. The number of nitrogens with one attached hydrogen (secondary N) is 1. The van der Waals surface area contributed by atoms with Crippen LogP contribution in [-0.4, -0.2) is 23.1 Å². The fourth-order valence-corrected chi connectivity index (χ4v) is 1.56. The monoisotopic (exact) mass is 193 g/mol. The number of aromatic nitrogens is 2. The minimum atomic E-state index is 0.483. The van der Waals surface area contributed by atoms with Crippen LogP contribution in [0.5, 0.6) is 0 Å². The average molecular weight is 193 g/mol. The molecule has 78 valence electrons. The molecule has 0 aliphatic heterocycles. The van der Waals surface area contributed by atoms with Gasteiger partial charge in [0.25, 0.3) is 0 Å².